The number of piperidine rings is 1. The van der Waals surface area contributed by atoms with Crippen molar-refractivity contribution < 1.29 is 14.5 Å². The predicted molar refractivity (Wildman–Crippen MR) is 88.1 cm³/mol. The van der Waals surface area contributed by atoms with Crippen LogP contribution in [0.4, 0.5) is 5.69 Å². The van der Waals surface area contributed by atoms with E-state index in [9.17, 15) is 19.7 Å². The summed E-state index contributed by atoms with van der Waals surface area (Å²) in [5.74, 6) is -1.03. The molecule has 1 saturated heterocycles. The van der Waals surface area contributed by atoms with Gasteiger partial charge in [0.25, 0.3) is 0 Å². The molecule has 1 saturated carbocycles. The van der Waals surface area contributed by atoms with Crippen LogP contribution < -0.4 is 4.90 Å². The van der Waals surface area contributed by atoms with Crippen LogP contribution in [0, 0.1) is 16.0 Å². The number of rotatable bonds is 5. The number of benzene rings is 1. The Labute approximate surface area is 140 Å². The van der Waals surface area contributed by atoms with Gasteiger partial charge in [-0.2, -0.15) is 0 Å². The molecule has 1 aromatic carbocycles. The molecule has 1 aliphatic heterocycles. The van der Waals surface area contributed by atoms with E-state index in [2.05, 4.69) is 0 Å². The van der Waals surface area contributed by atoms with Crippen LogP contribution in [-0.2, 0) is 9.59 Å². The van der Waals surface area contributed by atoms with Gasteiger partial charge in [0.2, 0.25) is 17.9 Å². The first-order valence-electron chi connectivity index (χ1n) is 8.35. The van der Waals surface area contributed by atoms with Crippen LogP contribution in [0.3, 0.4) is 0 Å². The van der Waals surface area contributed by atoms with Crippen molar-refractivity contribution >= 4 is 17.5 Å². The second-order valence-electron chi connectivity index (χ2n) is 6.40. The van der Waals surface area contributed by atoms with Crippen molar-refractivity contribution in [3.63, 3.8) is 0 Å². The molecule has 0 aromatic heterocycles. The smallest absolute Gasteiger partial charge is 0.242 e. The fraction of sp³-hybridized carbons (Fsp3) is 0.529. The average Bonchev–Trinajstić information content (AvgIpc) is 3.41. The molecule has 2 aliphatic rings. The number of para-hydroxylation sites is 1. The van der Waals surface area contributed by atoms with Gasteiger partial charge in [-0.05, 0) is 31.4 Å². The third-order valence-corrected chi connectivity index (χ3v) is 4.68. The van der Waals surface area contributed by atoms with Gasteiger partial charge >= 0.3 is 0 Å². The van der Waals surface area contributed by atoms with Gasteiger partial charge in [-0.1, -0.05) is 18.2 Å². The second kappa shape index (κ2) is 6.98. The van der Waals surface area contributed by atoms with Gasteiger partial charge in [-0.25, -0.2) is 0 Å². The molecule has 24 heavy (non-hydrogen) atoms. The number of nitro groups is 1. The van der Waals surface area contributed by atoms with Crippen LogP contribution in [-0.4, -0.2) is 47.3 Å². The largest absolute Gasteiger partial charge is 0.341 e. The monoisotopic (exact) mass is 331 g/mol. The maximum atomic E-state index is 12.7. The first kappa shape index (κ1) is 16.4. The van der Waals surface area contributed by atoms with Crippen LogP contribution in [0.15, 0.2) is 30.3 Å². The van der Waals surface area contributed by atoms with Gasteiger partial charge in [0.15, 0.2) is 0 Å². The predicted octanol–water partition coefficient (Wildman–Crippen LogP) is 1.70. The molecule has 0 bridgehead atoms. The third-order valence-electron chi connectivity index (χ3n) is 4.68. The lowest BCUT2D eigenvalue weighted by Gasteiger charge is -2.30. The summed E-state index contributed by atoms with van der Waals surface area (Å²) < 4.78 is 0. The van der Waals surface area contributed by atoms with E-state index in [1.807, 2.05) is 6.07 Å². The molecule has 0 N–H and O–H groups in total. The molecule has 2 amide bonds. The Morgan fingerprint density at radius 2 is 1.83 bits per heavy atom. The Bertz CT molecular complexity index is 628. The van der Waals surface area contributed by atoms with Gasteiger partial charge in [0.1, 0.15) is 12.5 Å². The van der Waals surface area contributed by atoms with Crippen LogP contribution >= 0.6 is 0 Å². The van der Waals surface area contributed by atoms with Gasteiger partial charge in [-0.3, -0.25) is 19.7 Å². The van der Waals surface area contributed by atoms with Crippen molar-refractivity contribution in [1.82, 2.24) is 4.90 Å². The maximum Gasteiger partial charge on any atom is 0.242 e. The van der Waals surface area contributed by atoms with Gasteiger partial charge in [-0.15, -0.1) is 0 Å². The van der Waals surface area contributed by atoms with Crippen LogP contribution in [0.5, 0.6) is 0 Å². The number of anilines is 1. The van der Waals surface area contributed by atoms with Crippen LogP contribution in [0.2, 0.25) is 0 Å². The van der Waals surface area contributed by atoms with Gasteiger partial charge < -0.3 is 9.80 Å². The molecule has 7 heteroatoms. The number of nitrogens with zero attached hydrogens (tertiary/aromatic N) is 3. The van der Waals surface area contributed by atoms with Crippen molar-refractivity contribution in [1.29, 1.82) is 0 Å². The van der Waals surface area contributed by atoms with E-state index in [1.54, 1.807) is 29.2 Å². The summed E-state index contributed by atoms with van der Waals surface area (Å²) in [6, 6.07) is 8.11. The molecule has 0 spiro atoms. The standard InChI is InChI=1S/C17H21N3O4/c21-16(18-9-5-2-6-10-18)12-19(13-7-3-1-4-8-13)17(22)14-11-15(14)20(23)24/h1,3-4,7-8,14-15H,2,5-6,9-12H2/t14-,15-/m1/s1. The van der Waals surface area contributed by atoms with Gasteiger partial charge in [0.05, 0.1) is 0 Å². The Hall–Kier alpha value is -2.44. The SMILES string of the molecule is O=C(CN(C(=O)[C@@H]1C[C@H]1[N+](=O)[O-])c1ccccc1)N1CCCCC1. The van der Waals surface area contributed by atoms with Crippen molar-refractivity contribution in [2.75, 3.05) is 24.5 Å². The molecule has 0 unspecified atom stereocenters. The van der Waals surface area contributed by atoms with E-state index in [4.69, 9.17) is 0 Å². The normalized spacial score (nSPS) is 22.8. The Morgan fingerprint density at radius 3 is 2.42 bits per heavy atom. The Balaban J connectivity index is 1.74. The average molecular weight is 331 g/mol. The minimum Gasteiger partial charge on any atom is -0.341 e. The molecular weight excluding hydrogens is 310 g/mol. The quantitative estimate of drug-likeness (QED) is 0.607. The van der Waals surface area contributed by atoms with Gasteiger partial charge in [0, 0.05) is 30.1 Å². The van der Waals surface area contributed by atoms with Crippen LogP contribution in [0.1, 0.15) is 25.7 Å². The number of amides is 2. The minimum atomic E-state index is -0.811. The first-order valence-corrected chi connectivity index (χ1v) is 8.35. The van der Waals surface area contributed by atoms with E-state index in [0.29, 0.717) is 5.69 Å². The number of hydrogen-bond acceptors (Lipinski definition) is 4. The lowest BCUT2D eigenvalue weighted by atomic mass is 10.1. The summed E-state index contributed by atoms with van der Waals surface area (Å²) >= 11 is 0. The highest BCUT2D eigenvalue weighted by Crippen LogP contribution is 2.36. The number of likely N-dealkylation sites (tertiary alicyclic amines) is 1. The summed E-state index contributed by atoms with van der Waals surface area (Å²) in [4.78, 5) is 38.9. The molecule has 2 atom stereocenters. The van der Waals surface area contributed by atoms with Crippen molar-refractivity contribution in [3.8, 4) is 0 Å². The molecule has 7 nitrogen and oxygen atoms in total. The van der Waals surface area contributed by atoms with E-state index in [1.165, 1.54) is 4.90 Å². The maximum absolute atomic E-state index is 12.7. The number of carbonyl (C=O) groups is 2. The molecule has 128 valence electrons. The molecule has 1 aromatic rings. The van der Waals surface area contributed by atoms with Crippen molar-refractivity contribution in [2.45, 2.75) is 31.7 Å². The third kappa shape index (κ3) is 3.55. The summed E-state index contributed by atoms with van der Waals surface area (Å²) in [6.45, 7) is 1.39. The zero-order valence-corrected chi connectivity index (χ0v) is 13.5. The zero-order valence-electron chi connectivity index (χ0n) is 13.5. The van der Waals surface area contributed by atoms with Crippen molar-refractivity contribution in [2.24, 2.45) is 5.92 Å². The minimum absolute atomic E-state index is 0.0518. The number of hydrogen-bond donors (Lipinski definition) is 0. The molecular formula is C17H21N3O4. The van der Waals surface area contributed by atoms with E-state index >= 15 is 0 Å². The lowest BCUT2D eigenvalue weighted by molar-refractivity contribution is -0.497. The molecule has 1 aliphatic carbocycles. The van der Waals surface area contributed by atoms with Crippen LogP contribution in [0.25, 0.3) is 0 Å². The first-order chi connectivity index (χ1) is 11.6. The molecule has 2 fully saturated rings. The van der Waals surface area contributed by atoms with Crippen molar-refractivity contribution in [3.05, 3.63) is 40.4 Å². The van der Waals surface area contributed by atoms with E-state index in [-0.39, 0.29) is 24.8 Å². The van der Waals surface area contributed by atoms with E-state index < -0.39 is 16.9 Å². The number of carbonyl (C=O) groups excluding carboxylic acids is 2. The Morgan fingerprint density at radius 1 is 1.17 bits per heavy atom. The lowest BCUT2D eigenvalue weighted by Crippen LogP contribution is -2.45. The molecule has 0 radical (unpaired) electrons. The fourth-order valence-corrected chi connectivity index (χ4v) is 3.16. The summed E-state index contributed by atoms with van der Waals surface area (Å²) in [5, 5.41) is 10.9. The highest BCUT2D eigenvalue weighted by molar-refractivity contribution is 6.01. The second-order valence-corrected chi connectivity index (χ2v) is 6.40. The fourth-order valence-electron chi connectivity index (χ4n) is 3.16. The summed E-state index contributed by atoms with van der Waals surface area (Å²) in [6.07, 6.45) is 3.35. The highest BCUT2D eigenvalue weighted by Gasteiger charge is 2.55. The van der Waals surface area contributed by atoms with E-state index in [0.717, 1.165) is 32.4 Å². The summed E-state index contributed by atoms with van der Waals surface area (Å²) in [5.41, 5.74) is 0.613. The summed E-state index contributed by atoms with van der Waals surface area (Å²) in [7, 11) is 0. The molecule has 1 heterocycles. The highest BCUT2D eigenvalue weighted by atomic mass is 16.6. The molecule has 3 rings (SSSR count). The zero-order chi connectivity index (χ0) is 17.1. The Kier molecular flexibility index (Phi) is 4.78. The topological polar surface area (TPSA) is 83.8 Å².